The fourth-order valence-corrected chi connectivity index (χ4v) is 4.19. The van der Waals surface area contributed by atoms with Crippen LogP contribution in [0.15, 0.2) is 72.2 Å². The fraction of sp³-hybridized carbons (Fsp3) is 0.136. The van der Waals surface area contributed by atoms with Crippen LogP contribution in [-0.2, 0) is 6.18 Å². The number of nitrogens with one attached hydrogen (secondary N) is 2. The normalized spacial score (nSPS) is 12.8. The molecule has 0 saturated carbocycles. The third kappa shape index (κ3) is 4.05. The number of rotatable bonds is 5. The number of hydrogen-bond acceptors (Lipinski definition) is 2. The van der Waals surface area contributed by atoms with Crippen molar-refractivity contribution in [2.45, 2.75) is 12.1 Å². The highest BCUT2D eigenvalue weighted by Gasteiger charge is 2.30. The Morgan fingerprint density at radius 2 is 1.79 bits per heavy atom. The van der Waals surface area contributed by atoms with Gasteiger partial charge in [0.15, 0.2) is 0 Å². The fourth-order valence-electron chi connectivity index (χ4n) is 3.34. The lowest BCUT2D eigenvalue weighted by atomic mass is 9.96. The molecule has 0 aliphatic heterocycles. The van der Waals surface area contributed by atoms with Crippen molar-refractivity contribution in [3.63, 3.8) is 0 Å². The van der Waals surface area contributed by atoms with Crippen LogP contribution in [0.25, 0.3) is 10.9 Å². The van der Waals surface area contributed by atoms with Gasteiger partial charge in [0.2, 0.25) is 0 Å². The number of thiophene rings is 1. The van der Waals surface area contributed by atoms with E-state index < -0.39 is 17.6 Å². The number of carbonyl (C=O) groups is 1. The van der Waals surface area contributed by atoms with Gasteiger partial charge in [0.1, 0.15) is 0 Å². The first-order valence-electron chi connectivity index (χ1n) is 8.98. The van der Waals surface area contributed by atoms with Gasteiger partial charge in [-0.05, 0) is 47.3 Å². The molecule has 2 N–H and O–H groups in total. The van der Waals surface area contributed by atoms with Crippen molar-refractivity contribution in [3.8, 4) is 0 Å². The molecule has 0 fully saturated rings. The zero-order valence-electron chi connectivity index (χ0n) is 15.2. The van der Waals surface area contributed by atoms with E-state index in [9.17, 15) is 18.0 Å². The summed E-state index contributed by atoms with van der Waals surface area (Å²) in [5.41, 5.74) is 1.50. The Hall–Kier alpha value is -3.06. The zero-order chi connectivity index (χ0) is 20.4. The molecule has 4 rings (SSSR count). The van der Waals surface area contributed by atoms with Gasteiger partial charge >= 0.3 is 6.18 Å². The third-order valence-corrected chi connectivity index (χ3v) is 5.81. The molecule has 0 spiro atoms. The molecule has 0 aliphatic rings. The molecule has 148 valence electrons. The molecule has 0 bridgehead atoms. The molecule has 2 aromatic carbocycles. The maximum Gasteiger partial charge on any atom is 0.416 e. The Balaban J connectivity index is 1.55. The van der Waals surface area contributed by atoms with Crippen LogP contribution in [0.1, 0.15) is 32.3 Å². The summed E-state index contributed by atoms with van der Waals surface area (Å²) in [5, 5.41) is 5.93. The SMILES string of the molecule is O=C(NC[C@H](c1cccs1)c1c[nH]c2ccccc12)c1ccc(C(F)(F)F)cc1. The monoisotopic (exact) mass is 414 g/mol. The van der Waals surface area contributed by atoms with Crippen LogP contribution < -0.4 is 5.32 Å². The molecule has 0 radical (unpaired) electrons. The van der Waals surface area contributed by atoms with Crippen LogP contribution in [0.4, 0.5) is 13.2 Å². The predicted molar refractivity (Wildman–Crippen MR) is 108 cm³/mol. The molecule has 7 heteroatoms. The smallest absolute Gasteiger partial charge is 0.361 e. The molecular weight excluding hydrogens is 397 g/mol. The van der Waals surface area contributed by atoms with Crippen LogP contribution in [0.2, 0.25) is 0 Å². The van der Waals surface area contributed by atoms with Crippen molar-refractivity contribution < 1.29 is 18.0 Å². The summed E-state index contributed by atoms with van der Waals surface area (Å²) in [6, 6.07) is 16.2. The van der Waals surface area contributed by atoms with Crippen molar-refractivity contribution in [1.29, 1.82) is 0 Å². The number of carbonyl (C=O) groups excluding carboxylic acids is 1. The lowest BCUT2D eigenvalue weighted by Gasteiger charge is -2.16. The number of para-hydroxylation sites is 1. The lowest BCUT2D eigenvalue weighted by Crippen LogP contribution is -2.28. The van der Waals surface area contributed by atoms with E-state index in [0.717, 1.165) is 33.5 Å². The van der Waals surface area contributed by atoms with E-state index in [1.807, 2.05) is 48.0 Å². The minimum absolute atomic E-state index is 0.0652. The predicted octanol–water partition coefficient (Wildman–Crippen LogP) is 5.81. The number of fused-ring (bicyclic) bond motifs is 1. The highest BCUT2D eigenvalue weighted by atomic mass is 32.1. The van der Waals surface area contributed by atoms with Crippen LogP contribution in [0.3, 0.4) is 0 Å². The van der Waals surface area contributed by atoms with Gasteiger partial charge in [-0.2, -0.15) is 13.2 Å². The van der Waals surface area contributed by atoms with Crippen LogP contribution in [0.5, 0.6) is 0 Å². The topological polar surface area (TPSA) is 44.9 Å². The number of aromatic amines is 1. The average molecular weight is 414 g/mol. The second-order valence-corrected chi connectivity index (χ2v) is 7.62. The summed E-state index contributed by atoms with van der Waals surface area (Å²) in [6.45, 7) is 0.336. The van der Waals surface area contributed by atoms with Crippen molar-refractivity contribution in [1.82, 2.24) is 10.3 Å². The maximum absolute atomic E-state index is 12.7. The van der Waals surface area contributed by atoms with Gasteiger partial charge in [0.25, 0.3) is 5.91 Å². The molecule has 0 aliphatic carbocycles. The Labute approximate surface area is 169 Å². The van der Waals surface area contributed by atoms with Crippen molar-refractivity contribution in [2.75, 3.05) is 6.54 Å². The van der Waals surface area contributed by atoms with Gasteiger partial charge in [0, 0.05) is 40.0 Å². The molecule has 4 aromatic rings. The van der Waals surface area contributed by atoms with E-state index in [-0.39, 0.29) is 11.5 Å². The standard InChI is InChI=1S/C22H17F3N2OS/c23-22(24,25)15-9-7-14(8-10-15)21(28)27-13-18(20-6-3-11-29-20)17-12-26-19-5-2-1-4-16(17)19/h1-12,18,26H,13H2,(H,27,28)/t18-/m0/s1. The van der Waals surface area contributed by atoms with Crippen molar-refractivity contribution in [2.24, 2.45) is 0 Å². The number of benzene rings is 2. The maximum atomic E-state index is 12.7. The second kappa shape index (κ2) is 7.75. The summed E-state index contributed by atoms with van der Waals surface area (Å²) < 4.78 is 38.1. The number of alkyl halides is 3. The molecular formula is C22H17F3N2OS. The number of hydrogen-bond donors (Lipinski definition) is 2. The Kier molecular flexibility index (Phi) is 5.15. The van der Waals surface area contributed by atoms with E-state index in [1.54, 1.807) is 11.3 Å². The molecule has 3 nitrogen and oxygen atoms in total. The highest BCUT2D eigenvalue weighted by molar-refractivity contribution is 7.10. The van der Waals surface area contributed by atoms with E-state index in [4.69, 9.17) is 0 Å². The number of halogens is 3. The minimum Gasteiger partial charge on any atom is -0.361 e. The van der Waals surface area contributed by atoms with E-state index in [0.29, 0.717) is 6.54 Å². The summed E-state index contributed by atoms with van der Waals surface area (Å²) in [6.07, 6.45) is -2.48. The van der Waals surface area contributed by atoms with Gasteiger partial charge < -0.3 is 10.3 Å². The minimum atomic E-state index is -4.42. The van der Waals surface area contributed by atoms with Gasteiger partial charge in [-0.1, -0.05) is 24.3 Å². The van der Waals surface area contributed by atoms with Gasteiger partial charge in [0.05, 0.1) is 5.56 Å². The Bertz CT molecular complexity index is 1120. The van der Waals surface area contributed by atoms with Crippen LogP contribution >= 0.6 is 11.3 Å². The summed E-state index contributed by atoms with van der Waals surface area (Å²) in [5.74, 6) is -0.468. The van der Waals surface area contributed by atoms with Crippen LogP contribution in [-0.4, -0.2) is 17.4 Å². The lowest BCUT2D eigenvalue weighted by molar-refractivity contribution is -0.137. The highest BCUT2D eigenvalue weighted by Crippen LogP contribution is 2.33. The summed E-state index contributed by atoms with van der Waals surface area (Å²) in [4.78, 5) is 16.9. The molecule has 2 aromatic heterocycles. The van der Waals surface area contributed by atoms with E-state index in [2.05, 4.69) is 10.3 Å². The second-order valence-electron chi connectivity index (χ2n) is 6.64. The quantitative estimate of drug-likeness (QED) is 0.425. The molecule has 1 amide bonds. The van der Waals surface area contributed by atoms with Crippen LogP contribution in [0, 0.1) is 0 Å². The number of amides is 1. The Morgan fingerprint density at radius 3 is 2.48 bits per heavy atom. The molecule has 29 heavy (non-hydrogen) atoms. The molecule has 0 unspecified atom stereocenters. The van der Waals surface area contributed by atoms with Gasteiger partial charge in [-0.25, -0.2) is 0 Å². The first kappa shape index (κ1) is 19.3. The number of aromatic nitrogens is 1. The van der Waals surface area contributed by atoms with Gasteiger partial charge in [-0.3, -0.25) is 4.79 Å². The average Bonchev–Trinajstić information content (AvgIpc) is 3.38. The van der Waals surface area contributed by atoms with Crippen molar-refractivity contribution in [3.05, 3.63) is 93.8 Å². The van der Waals surface area contributed by atoms with E-state index in [1.165, 1.54) is 12.1 Å². The van der Waals surface area contributed by atoms with Crippen molar-refractivity contribution >= 4 is 28.1 Å². The summed E-state index contributed by atoms with van der Waals surface area (Å²) in [7, 11) is 0. The van der Waals surface area contributed by atoms with E-state index >= 15 is 0 Å². The van der Waals surface area contributed by atoms with Gasteiger partial charge in [-0.15, -0.1) is 11.3 Å². The zero-order valence-corrected chi connectivity index (χ0v) is 16.0. The third-order valence-electron chi connectivity index (χ3n) is 4.82. The Morgan fingerprint density at radius 1 is 1.03 bits per heavy atom. The largest absolute Gasteiger partial charge is 0.416 e. The molecule has 0 saturated heterocycles. The molecule has 2 heterocycles. The number of H-pyrrole nitrogens is 1. The first-order valence-corrected chi connectivity index (χ1v) is 9.86. The summed E-state index contributed by atoms with van der Waals surface area (Å²) >= 11 is 1.60. The first-order chi connectivity index (χ1) is 13.9. The molecule has 1 atom stereocenters.